The average molecular weight is 201 g/mol. The van der Waals surface area contributed by atoms with E-state index in [0.717, 1.165) is 16.5 Å². The molecule has 2 aromatic rings. The SMILES string of the molecule is COc1ccc2cc(C(=O)[O-])ccc2c1. The van der Waals surface area contributed by atoms with Crippen LogP contribution in [0.15, 0.2) is 36.4 Å². The molecule has 15 heavy (non-hydrogen) atoms. The summed E-state index contributed by atoms with van der Waals surface area (Å²) in [7, 11) is 1.59. The van der Waals surface area contributed by atoms with E-state index in [9.17, 15) is 9.90 Å². The maximum atomic E-state index is 10.6. The van der Waals surface area contributed by atoms with Crippen LogP contribution in [0.1, 0.15) is 10.4 Å². The lowest BCUT2D eigenvalue weighted by Gasteiger charge is -2.05. The van der Waals surface area contributed by atoms with Crippen LogP contribution in [0.25, 0.3) is 10.8 Å². The Morgan fingerprint density at radius 1 is 1.13 bits per heavy atom. The molecule has 0 saturated carbocycles. The summed E-state index contributed by atoms with van der Waals surface area (Å²) >= 11 is 0. The number of methoxy groups -OCH3 is 1. The maximum Gasteiger partial charge on any atom is 0.119 e. The Labute approximate surface area is 86.9 Å². The van der Waals surface area contributed by atoms with Crippen LogP contribution < -0.4 is 9.84 Å². The van der Waals surface area contributed by atoms with Gasteiger partial charge in [-0.25, -0.2) is 0 Å². The van der Waals surface area contributed by atoms with Gasteiger partial charge in [-0.05, 0) is 34.5 Å². The van der Waals surface area contributed by atoms with E-state index in [1.165, 1.54) is 6.07 Å². The van der Waals surface area contributed by atoms with E-state index < -0.39 is 5.97 Å². The summed E-state index contributed by atoms with van der Waals surface area (Å²) in [6.07, 6.45) is 0. The topological polar surface area (TPSA) is 49.4 Å². The molecule has 0 unspecified atom stereocenters. The second-order valence-electron chi connectivity index (χ2n) is 3.22. The van der Waals surface area contributed by atoms with Crippen molar-refractivity contribution in [3.63, 3.8) is 0 Å². The summed E-state index contributed by atoms with van der Waals surface area (Å²) in [6, 6.07) is 10.3. The van der Waals surface area contributed by atoms with Gasteiger partial charge in [0.15, 0.2) is 0 Å². The quantitative estimate of drug-likeness (QED) is 0.733. The van der Waals surface area contributed by atoms with E-state index in [1.807, 2.05) is 12.1 Å². The van der Waals surface area contributed by atoms with Gasteiger partial charge >= 0.3 is 0 Å². The van der Waals surface area contributed by atoms with Crippen molar-refractivity contribution in [3.05, 3.63) is 42.0 Å². The number of carboxylic acid groups (broad SMARTS) is 1. The Hall–Kier alpha value is -2.03. The Balaban J connectivity index is 2.59. The lowest BCUT2D eigenvalue weighted by molar-refractivity contribution is -0.255. The van der Waals surface area contributed by atoms with E-state index in [-0.39, 0.29) is 5.56 Å². The molecule has 2 rings (SSSR count). The molecule has 76 valence electrons. The highest BCUT2D eigenvalue weighted by atomic mass is 16.5. The number of carbonyl (C=O) groups is 1. The van der Waals surface area contributed by atoms with Crippen LogP contribution in [-0.2, 0) is 0 Å². The van der Waals surface area contributed by atoms with Gasteiger partial charge in [-0.15, -0.1) is 0 Å². The van der Waals surface area contributed by atoms with Gasteiger partial charge in [0, 0.05) is 0 Å². The van der Waals surface area contributed by atoms with Crippen molar-refractivity contribution in [1.82, 2.24) is 0 Å². The van der Waals surface area contributed by atoms with Gasteiger partial charge in [0.05, 0.1) is 13.1 Å². The largest absolute Gasteiger partial charge is 0.545 e. The molecule has 0 aromatic heterocycles. The summed E-state index contributed by atoms with van der Waals surface area (Å²) < 4.78 is 5.07. The van der Waals surface area contributed by atoms with Crippen molar-refractivity contribution in [2.45, 2.75) is 0 Å². The first kappa shape index (κ1) is 9.52. The third kappa shape index (κ3) is 1.76. The molecule has 0 fully saturated rings. The molecule has 0 heterocycles. The van der Waals surface area contributed by atoms with Gasteiger partial charge in [0.2, 0.25) is 0 Å². The van der Waals surface area contributed by atoms with Gasteiger partial charge in [0.1, 0.15) is 5.75 Å². The Morgan fingerprint density at radius 2 is 1.80 bits per heavy atom. The van der Waals surface area contributed by atoms with Crippen LogP contribution in [0.5, 0.6) is 5.75 Å². The third-order valence-electron chi connectivity index (χ3n) is 2.28. The fourth-order valence-corrected chi connectivity index (χ4v) is 1.48. The predicted molar refractivity (Wildman–Crippen MR) is 54.8 cm³/mol. The van der Waals surface area contributed by atoms with Crippen molar-refractivity contribution in [2.75, 3.05) is 7.11 Å². The van der Waals surface area contributed by atoms with E-state index in [4.69, 9.17) is 4.74 Å². The molecule has 0 bridgehead atoms. The number of aromatic carboxylic acids is 1. The number of hydrogen-bond donors (Lipinski definition) is 0. The number of benzene rings is 2. The van der Waals surface area contributed by atoms with Crippen molar-refractivity contribution >= 4 is 16.7 Å². The van der Waals surface area contributed by atoms with E-state index in [0.29, 0.717) is 0 Å². The zero-order chi connectivity index (χ0) is 10.8. The number of carbonyl (C=O) groups excluding carboxylic acids is 1. The maximum absolute atomic E-state index is 10.6. The first-order valence-corrected chi connectivity index (χ1v) is 4.50. The first-order chi connectivity index (χ1) is 7.20. The number of hydrogen-bond acceptors (Lipinski definition) is 3. The van der Waals surface area contributed by atoms with Crippen molar-refractivity contribution in [2.24, 2.45) is 0 Å². The Kier molecular flexibility index (Phi) is 2.29. The monoisotopic (exact) mass is 201 g/mol. The highest BCUT2D eigenvalue weighted by Crippen LogP contribution is 2.21. The molecule has 0 saturated heterocycles. The van der Waals surface area contributed by atoms with Crippen LogP contribution in [0.2, 0.25) is 0 Å². The van der Waals surface area contributed by atoms with Crippen LogP contribution in [0.4, 0.5) is 0 Å². The minimum atomic E-state index is -1.16. The van der Waals surface area contributed by atoms with E-state index in [2.05, 4.69) is 0 Å². The molecule has 0 amide bonds. The molecule has 0 spiro atoms. The molecule has 0 radical (unpaired) electrons. The van der Waals surface area contributed by atoms with Crippen molar-refractivity contribution in [1.29, 1.82) is 0 Å². The number of rotatable bonds is 2. The fourth-order valence-electron chi connectivity index (χ4n) is 1.48. The standard InChI is InChI=1S/C12H10O3/c1-15-11-5-4-8-6-10(12(13)14)3-2-9(8)7-11/h2-7H,1H3,(H,13,14)/p-1. The van der Waals surface area contributed by atoms with E-state index >= 15 is 0 Å². The second kappa shape index (κ2) is 3.61. The van der Waals surface area contributed by atoms with Gasteiger partial charge in [0.25, 0.3) is 0 Å². The van der Waals surface area contributed by atoms with Crippen molar-refractivity contribution < 1.29 is 14.6 Å². The van der Waals surface area contributed by atoms with E-state index in [1.54, 1.807) is 25.3 Å². The molecular formula is C12H9O3-. The van der Waals surface area contributed by atoms with Crippen LogP contribution in [-0.4, -0.2) is 13.1 Å². The van der Waals surface area contributed by atoms with Crippen LogP contribution >= 0.6 is 0 Å². The van der Waals surface area contributed by atoms with Crippen molar-refractivity contribution in [3.8, 4) is 5.75 Å². The van der Waals surface area contributed by atoms with Gasteiger partial charge < -0.3 is 14.6 Å². The highest BCUT2D eigenvalue weighted by Gasteiger charge is 1.98. The lowest BCUT2D eigenvalue weighted by Crippen LogP contribution is -2.21. The summed E-state index contributed by atoms with van der Waals surface area (Å²) in [4.78, 5) is 10.6. The van der Waals surface area contributed by atoms with Crippen LogP contribution in [0.3, 0.4) is 0 Å². The molecule has 3 heteroatoms. The molecule has 0 atom stereocenters. The number of fused-ring (bicyclic) bond motifs is 1. The Bertz CT molecular complexity index is 517. The van der Waals surface area contributed by atoms with Gasteiger partial charge in [-0.2, -0.15) is 0 Å². The Morgan fingerprint density at radius 3 is 2.47 bits per heavy atom. The average Bonchev–Trinajstić information content (AvgIpc) is 2.27. The highest BCUT2D eigenvalue weighted by molar-refractivity contribution is 5.93. The summed E-state index contributed by atoms with van der Waals surface area (Å²) in [5.74, 6) is -0.406. The smallest absolute Gasteiger partial charge is 0.119 e. The fraction of sp³-hybridized carbons (Fsp3) is 0.0833. The zero-order valence-electron chi connectivity index (χ0n) is 8.19. The number of ether oxygens (including phenoxy) is 1. The minimum Gasteiger partial charge on any atom is -0.545 e. The normalized spacial score (nSPS) is 10.2. The molecule has 0 aliphatic rings. The third-order valence-corrected chi connectivity index (χ3v) is 2.28. The van der Waals surface area contributed by atoms with Crippen LogP contribution in [0, 0.1) is 0 Å². The lowest BCUT2D eigenvalue weighted by atomic mass is 10.1. The summed E-state index contributed by atoms with van der Waals surface area (Å²) in [5, 5.41) is 12.4. The zero-order valence-corrected chi connectivity index (χ0v) is 8.19. The molecule has 3 nitrogen and oxygen atoms in total. The molecular weight excluding hydrogens is 192 g/mol. The molecule has 0 aliphatic carbocycles. The molecule has 0 N–H and O–H groups in total. The van der Waals surface area contributed by atoms with Gasteiger partial charge in [-0.3, -0.25) is 0 Å². The molecule has 2 aromatic carbocycles. The summed E-state index contributed by atoms with van der Waals surface area (Å²) in [5.41, 5.74) is 0.188. The second-order valence-corrected chi connectivity index (χ2v) is 3.22. The first-order valence-electron chi connectivity index (χ1n) is 4.50. The predicted octanol–water partition coefficient (Wildman–Crippen LogP) is 1.21. The summed E-state index contributed by atoms with van der Waals surface area (Å²) in [6.45, 7) is 0. The number of carboxylic acids is 1. The van der Waals surface area contributed by atoms with Gasteiger partial charge in [-0.1, -0.05) is 18.2 Å². The molecule has 0 aliphatic heterocycles. The minimum absolute atomic E-state index is 0.188.